The van der Waals surface area contributed by atoms with Crippen LogP contribution < -0.4 is 11.0 Å². The molecule has 1 fully saturated rings. The van der Waals surface area contributed by atoms with Gasteiger partial charge in [-0.05, 0) is 18.4 Å². The molecule has 0 aliphatic carbocycles. The van der Waals surface area contributed by atoms with Gasteiger partial charge in [0.2, 0.25) is 5.91 Å². The van der Waals surface area contributed by atoms with E-state index in [0.29, 0.717) is 19.6 Å². The van der Waals surface area contributed by atoms with E-state index in [9.17, 15) is 9.59 Å². The lowest BCUT2D eigenvalue weighted by molar-refractivity contribution is -0.133. The van der Waals surface area contributed by atoms with E-state index in [1.807, 2.05) is 47.4 Å². The molecule has 1 N–H and O–H groups in total. The fraction of sp³-hybridized carbons (Fsp3) is 0.450. The number of amides is 1. The first kappa shape index (κ1) is 17.7. The average molecular weight is 367 g/mol. The second-order valence-corrected chi connectivity index (χ2v) is 7.25. The lowest BCUT2D eigenvalue weighted by atomic mass is 9.95. The van der Waals surface area contributed by atoms with E-state index in [0.717, 1.165) is 30.8 Å². The molecular weight excluding hydrogens is 342 g/mol. The molecule has 2 aromatic rings. The van der Waals surface area contributed by atoms with Gasteiger partial charge in [0.1, 0.15) is 11.9 Å². The summed E-state index contributed by atoms with van der Waals surface area (Å²) in [6.07, 6.45) is 5.58. The molecule has 7 nitrogen and oxygen atoms in total. The molecule has 27 heavy (non-hydrogen) atoms. The van der Waals surface area contributed by atoms with Crippen molar-refractivity contribution in [1.29, 1.82) is 0 Å². The van der Waals surface area contributed by atoms with Gasteiger partial charge in [-0.15, -0.1) is 0 Å². The van der Waals surface area contributed by atoms with Gasteiger partial charge in [-0.1, -0.05) is 42.5 Å². The van der Waals surface area contributed by atoms with Crippen LogP contribution >= 0.6 is 0 Å². The smallest absolute Gasteiger partial charge is 0.341 e. The molecule has 3 heterocycles. The Kier molecular flexibility index (Phi) is 4.94. The minimum absolute atomic E-state index is 0.0901. The predicted molar refractivity (Wildman–Crippen MR) is 102 cm³/mol. The molecule has 1 aromatic carbocycles. The molecule has 0 saturated carbocycles. The Bertz CT molecular complexity index is 891. The Balaban J connectivity index is 1.48. The van der Waals surface area contributed by atoms with Crippen molar-refractivity contribution in [2.45, 2.75) is 31.3 Å². The van der Waals surface area contributed by atoms with Gasteiger partial charge in [0.15, 0.2) is 0 Å². The van der Waals surface area contributed by atoms with Gasteiger partial charge in [-0.3, -0.25) is 14.7 Å². The van der Waals surface area contributed by atoms with Gasteiger partial charge >= 0.3 is 5.69 Å². The number of rotatable bonds is 4. The number of piperidine rings is 1. The number of nitrogens with zero attached hydrogens (tertiary/aromatic N) is 4. The molecule has 1 atom stereocenters. The van der Waals surface area contributed by atoms with Crippen LogP contribution in [0.1, 0.15) is 30.1 Å². The topological polar surface area (TPSA) is 72.2 Å². The minimum Gasteiger partial charge on any atom is -0.341 e. The average Bonchev–Trinajstić information content (AvgIpc) is 3.33. The largest absolute Gasteiger partial charge is 0.345 e. The van der Waals surface area contributed by atoms with Gasteiger partial charge in [-0.25, -0.2) is 9.48 Å². The van der Waals surface area contributed by atoms with Crippen molar-refractivity contribution in [3.63, 3.8) is 0 Å². The van der Waals surface area contributed by atoms with Crippen LogP contribution in [0.2, 0.25) is 0 Å². The molecule has 0 spiro atoms. The molecule has 1 unspecified atom stereocenters. The van der Waals surface area contributed by atoms with Crippen molar-refractivity contribution >= 4 is 5.91 Å². The highest BCUT2D eigenvalue weighted by Gasteiger charge is 2.31. The third-order valence-corrected chi connectivity index (χ3v) is 5.44. The lowest BCUT2D eigenvalue weighted by Gasteiger charge is -2.33. The summed E-state index contributed by atoms with van der Waals surface area (Å²) in [6.45, 7) is 2.68. The van der Waals surface area contributed by atoms with E-state index < -0.39 is 0 Å². The fourth-order valence-corrected chi connectivity index (χ4v) is 3.93. The Morgan fingerprint density at radius 2 is 1.96 bits per heavy atom. The van der Waals surface area contributed by atoms with Crippen LogP contribution in [0.4, 0.5) is 0 Å². The monoisotopic (exact) mass is 367 g/mol. The van der Waals surface area contributed by atoms with Crippen molar-refractivity contribution in [3.8, 4) is 0 Å². The zero-order valence-corrected chi connectivity index (χ0v) is 15.5. The van der Waals surface area contributed by atoms with Gasteiger partial charge in [0.05, 0.1) is 6.54 Å². The van der Waals surface area contributed by atoms with E-state index in [-0.39, 0.29) is 23.6 Å². The molecule has 0 bridgehead atoms. The Morgan fingerprint density at radius 1 is 1.22 bits per heavy atom. The summed E-state index contributed by atoms with van der Waals surface area (Å²) >= 11 is 0. The van der Waals surface area contributed by atoms with Gasteiger partial charge in [-0.2, -0.15) is 5.10 Å². The molecule has 142 valence electrons. The second kappa shape index (κ2) is 7.52. The van der Waals surface area contributed by atoms with E-state index in [1.165, 1.54) is 4.68 Å². The molecule has 1 amide bonds. The summed E-state index contributed by atoms with van der Waals surface area (Å²) in [6, 6.07) is 9.78. The van der Waals surface area contributed by atoms with E-state index in [1.54, 1.807) is 11.6 Å². The van der Waals surface area contributed by atoms with Crippen molar-refractivity contribution in [3.05, 3.63) is 64.4 Å². The van der Waals surface area contributed by atoms with Crippen LogP contribution in [0.3, 0.4) is 0 Å². The SMILES string of the molecule is Cn1nc(C2CCN(C(=O)C3C=CCN3)CC2)n(Cc2ccccc2)c1=O. The Morgan fingerprint density at radius 3 is 2.63 bits per heavy atom. The Hall–Kier alpha value is -2.67. The van der Waals surface area contributed by atoms with E-state index in [4.69, 9.17) is 0 Å². The minimum atomic E-state index is -0.187. The van der Waals surface area contributed by atoms with E-state index in [2.05, 4.69) is 10.4 Å². The zero-order chi connectivity index (χ0) is 18.8. The van der Waals surface area contributed by atoms with Crippen LogP contribution in [-0.4, -0.2) is 50.8 Å². The summed E-state index contributed by atoms with van der Waals surface area (Å²) < 4.78 is 3.20. The number of aromatic nitrogens is 3. The number of hydrogen-bond donors (Lipinski definition) is 1. The van der Waals surface area contributed by atoms with Crippen molar-refractivity contribution in [2.24, 2.45) is 7.05 Å². The molecule has 2 aliphatic rings. The number of carbonyl (C=O) groups is 1. The maximum absolute atomic E-state index is 12.6. The zero-order valence-electron chi connectivity index (χ0n) is 15.5. The van der Waals surface area contributed by atoms with Crippen LogP contribution in [0.5, 0.6) is 0 Å². The molecule has 4 rings (SSSR count). The number of nitrogens with one attached hydrogen (secondary N) is 1. The summed E-state index contributed by atoms with van der Waals surface area (Å²) in [7, 11) is 1.70. The summed E-state index contributed by atoms with van der Waals surface area (Å²) in [5, 5.41) is 7.70. The highest BCUT2D eigenvalue weighted by atomic mass is 16.2. The highest BCUT2D eigenvalue weighted by molar-refractivity contribution is 5.84. The first-order chi connectivity index (χ1) is 13.1. The van der Waals surface area contributed by atoms with Crippen LogP contribution in [0.15, 0.2) is 47.3 Å². The van der Waals surface area contributed by atoms with Crippen LogP contribution in [0.25, 0.3) is 0 Å². The third kappa shape index (κ3) is 3.60. The summed E-state index contributed by atoms with van der Waals surface area (Å²) in [5.41, 5.74) is 0.994. The first-order valence-corrected chi connectivity index (χ1v) is 9.50. The van der Waals surface area contributed by atoms with Crippen molar-refractivity contribution < 1.29 is 4.79 Å². The number of carbonyl (C=O) groups excluding carboxylic acids is 1. The standard InChI is InChI=1S/C20H25N5O2/c1-23-20(27)25(14-15-6-3-2-4-7-15)18(22-23)16-9-12-24(13-10-16)19(26)17-8-5-11-21-17/h2-8,16-17,21H,9-14H2,1H3. The van der Waals surface area contributed by atoms with E-state index >= 15 is 0 Å². The third-order valence-electron chi connectivity index (χ3n) is 5.44. The predicted octanol–water partition coefficient (Wildman–Crippen LogP) is 0.864. The van der Waals surface area contributed by atoms with Crippen molar-refractivity contribution in [2.75, 3.05) is 19.6 Å². The maximum Gasteiger partial charge on any atom is 0.345 e. The quantitative estimate of drug-likeness (QED) is 0.814. The van der Waals surface area contributed by atoms with Crippen LogP contribution in [0, 0.1) is 0 Å². The molecule has 1 aromatic heterocycles. The number of benzene rings is 1. The van der Waals surface area contributed by atoms with Gasteiger partial charge < -0.3 is 4.90 Å². The summed E-state index contributed by atoms with van der Waals surface area (Å²) in [5.74, 6) is 1.17. The molecular formula is C20H25N5O2. The van der Waals surface area contributed by atoms with Crippen LogP contribution in [-0.2, 0) is 18.4 Å². The van der Waals surface area contributed by atoms with Gasteiger partial charge in [0, 0.05) is 32.6 Å². The van der Waals surface area contributed by atoms with Gasteiger partial charge in [0.25, 0.3) is 0 Å². The fourth-order valence-electron chi connectivity index (χ4n) is 3.93. The molecule has 2 aliphatic heterocycles. The molecule has 1 saturated heterocycles. The highest BCUT2D eigenvalue weighted by Crippen LogP contribution is 2.27. The first-order valence-electron chi connectivity index (χ1n) is 9.50. The number of hydrogen-bond acceptors (Lipinski definition) is 4. The normalized spacial score (nSPS) is 20.3. The maximum atomic E-state index is 12.6. The molecule has 7 heteroatoms. The number of likely N-dealkylation sites (tertiary alicyclic amines) is 1. The Labute approximate surface area is 158 Å². The number of aryl methyl sites for hydroxylation is 1. The second-order valence-electron chi connectivity index (χ2n) is 7.25. The van der Waals surface area contributed by atoms with Crippen molar-refractivity contribution in [1.82, 2.24) is 24.6 Å². The molecule has 0 radical (unpaired) electrons. The lowest BCUT2D eigenvalue weighted by Crippen LogP contribution is -2.46. The summed E-state index contributed by atoms with van der Waals surface area (Å²) in [4.78, 5) is 27.0.